The maximum absolute atomic E-state index is 12.4. The Balaban J connectivity index is 0.000001000. The summed E-state index contributed by atoms with van der Waals surface area (Å²) in [5.74, 6) is -2.16. The molecule has 0 fully saturated rings. The fourth-order valence-corrected chi connectivity index (χ4v) is 0.543. The zero-order valence-corrected chi connectivity index (χ0v) is 5.91. The van der Waals surface area contributed by atoms with Crippen LogP contribution in [-0.4, -0.2) is 34.9 Å². The molecule has 1 aromatic rings. The molecule has 0 saturated heterocycles. The molecule has 5 heteroatoms. The predicted octanol–water partition coefficient (Wildman–Crippen LogP) is 0.538. The van der Waals surface area contributed by atoms with Crippen molar-refractivity contribution < 1.29 is 14.3 Å². The van der Waals surface area contributed by atoms with Crippen LogP contribution in [0.3, 0.4) is 0 Å². The van der Waals surface area contributed by atoms with Crippen molar-refractivity contribution in [3.8, 4) is 0 Å². The van der Waals surface area contributed by atoms with Crippen LogP contribution in [0, 0.1) is 5.82 Å². The maximum Gasteiger partial charge on any atom is 0.357 e. The predicted molar refractivity (Wildman–Crippen MR) is 36.9 cm³/mol. The van der Waals surface area contributed by atoms with Gasteiger partial charge >= 0.3 is 5.97 Å². The van der Waals surface area contributed by atoms with Crippen LogP contribution in [-0.2, 0) is 0 Å². The van der Waals surface area contributed by atoms with Gasteiger partial charge in [0.15, 0.2) is 11.5 Å². The molecule has 0 aliphatic heterocycles. The van der Waals surface area contributed by atoms with Crippen LogP contribution < -0.4 is 0 Å². The van der Waals surface area contributed by atoms with Crippen LogP contribution in [0.1, 0.15) is 10.5 Å². The van der Waals surface area contributed by atoms with Crippen molar-refractivity contribution >= 4 is 24.8 Å². The van der Waals surface area contributed by atoms with E-state index in [9.17, 15) is 9.18 Å². The summed E-state index contributed by atoms with van der Waals surface area (Å²) in [5, 5.41) is 8.26. The average molecular weight is 148 g/mol. The number of rotatable bonds is 1. The molecule has 0 bridgehead atoms. The molecular formula is C6H4FLiNO2. The van der Waals surface area contributed by atoms with Crippen LogP contribution in [0.15, 0.2) is 18.3 Å². The summed E-state index contributed by atoms with van der Waals surface area (Å²) in [5.41, 5.74) is -0.539. The summed E-state index contributed by atoms with van der Waals surface area (Å²) < 4.78 is 12.4. The van der Waals surface area contributed by atoms with E-state index in [4.69, 9.17) is 5.11 Å². The quantitative estimate of drug-likeness (QED) is 0.591. The molecule has 1 heterocycles. The Morgan fingerprint density at radius 1 is 1.64 bits per heavy atom. The van der Waals surface area contributed by atoms with Crippen molar-refractivity contribution in [2.45, 2.75) is 0 Å². The molecule has 0 aliphatic rings. The third-order valence-electron chi connectivity index (χ3n) is 0.961. The van der Waals surface area contributed by atoms with Gasteiger partial charge in [-0.05, 0) is 12.1 Å². The normalized spacial score (nSPS) is 8.45. The number of hydrogen-bond donors (Lipinski definition) is 1. The van der Waals surface area contributed by atoms with Crippen molar-refractivity contribution in [2.24, 2.45) is 0 Å². The standard InChI is InChI=1S/C6H4FNO2.Li/c7-4-2-1-3-8-5(4)6(9)10;/h1-3H,(H,9,10);. The molecule has 3 nitrogen and oxygen atoms in total. The molecule has 1 N–H and O–H groups in total. The Morgan fingerprint density at radius 3 is 2.64 bits per heavy atom. The molecule has 0 aliphatic carbocycles. The molecule has 0 aromatic carbocycles. The summed E-state index contributed by atoms with van der Waals surface area (Å²) in [6.07, 6.45) is 1.23. The number of carbonyl (C=O) groups is 1. The smallest absolute Gasteiger partial charge is 0.357 e. The second kappa shape index (κ2) is 4.11. The summed E-state index contributed by atoms with van der Waals surface area (Å²) in [6, 6.07) is 2.39. The third kappa shape index (κ3) is 2.33. The molecule has 0 unspecified atom stereocenters. The third-order valence-corrected chi connectivity index (χ3v) is 0.961. The van der Waals surface area contributed by atoms with E-state index in [0.717, 1.165) is 6.07 Å². The van der Waals surface area contributed by atoms with Crippen LogP contribution in [0.2, 0.25) is 0 Å². The van der Waals surface area contributed by atoms with Gasteiger partial charge < -0.3 is 5.11 Å². The van der Waals surface area contributed by atoms with Gasteiger partial charge in [-0.25, -0.2) is 14.2 Å². The Hall–Kier alpha value is -0.853. The van der Waals surface area contributed by atoms with E-state index < -0.39 is 17.5 Å². The largest absolute Gasteiger partial charge is 0.476 e. The monoisotopic (exact) mass is 148 g/mol. The average Bonchev–Trinajstić information content (AvgIpc) is 1.88. The molecule has 1 rings (SSSR count). The molecule has 11 heavy (non-hydrogen) atoms. The molecule has 0 atom stereocenters. The minimum absolute atomic E-state index is 0. The van der Waals surface area contributed by atoms with Crippen LogP contribution >= 0.6 is 0 Å². The van der Waals surface area contributed by atoms with Crippen molar-refractivity contribution in [2.75, 3.05) is 0 Å². The van der Waals surface area contributed by atoms with Gasteiger partial charge in [0.1, 0.15) is 0 Å². The van der Waals surface area contributed by atoms with E-state index in [2.05, 4.69) is 4.98 Å². The van der Waals surface area contributed by atoms with E-state index in [1.54, 1.807) is 0 Å². The van der Waals surface area contributed by atoms with E-state index >= 15 is 0 Å². The second-order valence-electron chi connectivity index (χ2n) is 1.64. The van der Waals surface area contributed by atoms with E-state index in [1.807, 2.05) is 0 Å². The maximum atomic E-state index is 12.4. The van der Waals surface area contributed by atoms with Crippen molar-refractivity contribution in [1.29, 1.82) is 0 Å². The SMILES string of the molecule is O=C(O)c1ncccc1F.[Li]. The minimum atomic E-state index is -1.35. The Morgan fingerprint density at radius 2 is 2.27 bits per heavy atom. The summed E-state index contributed by atoms with van der Waals surface area (Å²) >= 11 is 0. The Bertz CT molecular complexity index is 267. The van der Waals surface area contributed by atoms with E-state index in [0.29, 0.717) is 0 Å². The molecule has 53 valence electrons. The number of hydrogen-bond acceptors (Lipinski definition) is 2. The van der Waals surface area contributed by atoms with Crippen molar-refractivity contribution in [3.05, 3.63) is 29.8 Å². The van der Waals surface area contributed by atoms with Gasteiger partial charge in [-0.3, -0.25) is 0 Å². The molecule has 0 amide bonds. The van der Waals surface area contributed by atoms with Crippen LogP contribution in [0.5, 0.6) is 0 Å². The molecule has 1 aromatic heterocycles. The number of halogens is 1. The van der Waals surface area contributed by atoms with Gasteiger partial charge in [0.2, 0.25) is 0 Å². The summed E-state index contributed by atoms with van der Waals surface area (Å²) in [4.78, 5) is 13.4. The van der Waals surface area contributed by atoms with Crippen LogP contribution in [0.25, 0.3) is 0 Å². The number of pyridine rings is 1. The number of aromatic carboxylic acids is 1. The van der Waals surface area contributed by atoms with Crippen molar-refractivity contribution in [3.63, 3.8) is 0 Å². The van der Waals surface area contributed by atoms with Gasteiger partial charge in [-0.1, -0.05) is 0 Å². The zero-order chi connectivity index (χ0) is 7.56. The first-order chi connectivity index (χ1) is 4.72. The second-order valence-corrected chi connectivity index (χ2v) is 1.64. The van der Waals surface area contributed by atoms with Gasteiger partial charge in [0.25, 0.3) is 0 Å². The van der Waals surface area contributed by atoms with E-state index in [-0.39, 0.29) is 18.9 Å². The van der Waals surface area contributed by atoms with Gasteiger partial charge in [-0.2, -0.15) is 0 Å². The molecule has 0 saturated carbocycles. The summed E-state index contributed by atoms with van der Waals surface area (Å²) in [6.45, 7) is 0. The first-order valence-electron chi connectivity index (χ1n) is 2.55. The fraction of sp³-hybridized carbons (Fsp3) is 0. The molecule has 1 radical (unpaired) electrons. The van der Waals surface area contributed by atoms with Crippen LogP contribution in [0.4, 0.5) is 4.39 Å². The topological polar surface area (TPSA) is 50.2 Å². The first-order valence-corrected chi connectivity index (χ1v) is 2.55. The zero-order valence-electron chi connectivity index (χ0n) is 5.91. The first kappa shape index (κ1) is 10.1. The van der Waals surface area contributed by atoms with E-state index in [1.165, 1.54) is 12.3 Å². The Labute approximate surface area is 74.4 Å². The molecular weight excluding hydrogens is 144 g/mol. The van der Waals surface area contributed by atoms with Crippen molar-refractivity contribution in [1.82, 2.24) is 4.98 Å². The van der Waals surface area contributed by atoms with Gasteiger partial charge in [0.05, 0.1) is 0 Å². The number of carboxylic acid groups (broad SMARTS) is 1. The number of nitrogens with zero attached hydrogens (tertiary/aromatic N) is 1. The minimum Gasteiger partial charge on any atom is -0.476 e. The molecule has 0 spiro atoms. The fourth-order valence-electron chi connectivity index (χ4n) is 0.543. The van der Waals surface area contributed by atoms with Gasteiger partial charge in [-0.15, -0.1) is 0 Å². The Kier molecular flexibility index (Phi) is 3.80. The number of aromatic nitrogens is 1. The number of carboxylic acids is 1. The van der Waals surface area contributed by atoms with Gasteiger partial charge in [0, 0.05) is 25.1 Å². The summed E-state index contributed by atoms with van der Waals surface area (Å²) in [7, 11) is 0.